The zero-order chi connectivity index (χ0) is 13.3. The van der Waals surface area contributed by atoms with Gasteiger partial charge in [0, 0.05) is 0 Å². The van der Waals surface area contributed by atoms with E-state index in [1.807, 2.05) is 0 Å². The number of nitrogens with one attached hydrogen (secondary N) is 2. The molecule has 2 aromatic rings. The number of benzene rings is 1. The van der Waals surface area contributed by atoms with Gasteiger partial charge in [-0.15, -0.1) is 0 Å². The SMILES string of the molecule is Cc1[nH]nc(C(=O)Nc2c(Cl)cccc2Cl)c1N. The summed E-state index contributed by atoms with van der Waals surface area (Å²) < 4.78 is 0. The number of nitrogens with zero attached hydrogens (tertiary/aromatic N) is 1. The fourth-order valence-electron chi connectivity index (χ4n) is 1.40. The Kier molecular flexibility index (Phi) is 3.45. The Morgan fingerprint density at radius 3 is 2.50 bits per heavy atom. The molecule has 0 aliphatic heterocycles. The summed E-state index contributed by atoms with van der Waals surface area (Å²) >= 11 is 11.9. The lowest BCUT2D eigenvalue weighted by atomic mass is 10.2. The Hall–Kier alpha value is -1.72. The van der Waals surface area contributed by atoms with Gasteiger partial charge in [-0.2, -0.15) is 5.10 Å². The topological polar surface area (TPSA) is 83.8 Å². The Morgan fingerprint density at radius 1 is 1.39 bits per heavy atom. The van der Waals surface area contributed by atoms with Crippen LogP contribution in [0.4, 0.5) is 11.4 Å². The number of hydrogen-bond acceptors (Lipinski definition) is 3. The summed E-state index contributed by atoms with van der Waals surface area (Å²) in [7, 11) is 0. The van der Waals surface area contributed by atoms with Crippen molar-refractivity contribution in [2.45, 2.75) is 6.92 Å². The molecular formula is C11H10Cl2N4O. The van der Waals surface area contributed by atoms with E-state index in [0.29, 0.717) is 27.1 Å². The molecule has 5 nitrogen and oxygen atoms in total. The molecule has 0 saturated heterocycles. The molecule has 1 amide bonds. The van der Waals surface area contributed by atoms with E-state index in [9.17, 15) is 4.79 Å². The zero-order valence-electron chi connectivity index (χ0n) is 9.42. The van der Waals surface area contributed by atoms with Crippen LogP contribution in [0.2, 0.25) is 10.0 Å². The first-order valence-corrected chi connectivity index (χ1v) is 5.82. The Morgan fingerprint density at radius 2 is 2.00 bits per heavy atom. The summed E-state index contributed by atoms with van der Waals surface area (Å²) in [6, 6.07) is 4.94. The number of carbonyl (C=O) groups excluding carboxylic acids is 1. The maximum atomic E-state index is 12.0. The van der Waals surface area contributed by atoms with Crippen LogP contribution in [0.3, 0.4) is 0 Å². The van der Waals surface area contributed by atoms with Crippen LogP contribution in [0.15, 0.2) is 18.2 Å². The highest BCUT2D eigenvalue weighted by Gasteiger charge is 2.17. The van der Waals surface area contributed by atoms with Crippen LogP contribution in [0.1, 0.15) is 16.2 Å². The highest BCUT2D eigenvalue weighted by Crippen LogP contribution is 2.30. The lowest BCUT2D eigenvalue weighted by Crippen LogP contribution is -2.14. The molecule has 0 bridgehead atoms. The molecule has 18 heavy (non-hydrogen) atoms. The molecule has 94 valence electrons. The molecule has 0 radical (unpaired) electrons. The molecule has 0 saturated carbocycles. The van der Waals surface area contributed by atoms with E-state index in [0.717, 1.165) is 0 Å². The molecule has 0 unspecified atom stereocenters. The summed E-state index contributed by atoms with van der Waals surface area (Å²) in [5, 5.41) is 9.73. The van der Waals surface area contributed by atoms with Crippen molar-refractivity contribution in [3.05, 3.63) is 39.6 Å². The minimum absolute atomic E-state index is 0.114. The van der Waals surface area contributed by atoms with Crippen molar-refractivity contribution < 1.29 is 4.79 Å². The number of anilines is 2. The molecule has 1 aromatic heterocycles. The van der Waals surface area contributed by atoms with E-state index in [2.05, 4.69) is 15.5 Å². The van der Waals surface area contributed by atoms with Crippen LogP contribution in [0, 0.1) is 6.92 Å². The number of nitrogens with two attached hydrogens (primary N) is 1. The maximum Gasteiger partial charge on any atom is 0.278 e. The number of para-hydroxylation sites is 1. The first kappa shape index (κ1) is 12.7. The third-order valence-electron chi connectivity index (χ3n) is 2.41. The largest absolute Gasteiger partial charge is 0.395 e. The van der Waals surface area contributed by atoms with E-state index in [1.54, 1.807) is 25.1 Å². The third-order valence-corrected chi connectivity index (χ3v) is 3.04. The highest BCUT2D eigenvalue weighted by molar-refractivity contribution is 6.40. The number of amides is 1. The number of carbonyl (C=O) groups is 1. The molecule has 0 spiro atoms. The number of aryl methyl sites for hydroxylation is 1. The van der Waals surface area contributed by atoms with Crippen molar-refractivity contribution in [2.24, 2.45) is 0 Å². The summed E-state index contributed by atoms with van der Waals surface area (Å²) in [6.45, 7) is 1.72. The Balaban J connectivity index is 2.30. The van der Waals surface area contributed by atoms with E-state index < -0.39 is 5.91 Å². The van der Waals surface area contributed by atoms with Gasteiger partial charge in [0.25, 0.3) is 5.91 Å². The van der Waals surface area contributed by atoms with Crippen molar-refractivity contribution in [3.63, 3.8) is 0 Å². The van der Waals surface area contributed by atoms with E-state index >= 15 is 0 Å². The van der Waals surface area contributed by atoms with Gasteiger partial charge in [-0.1, -0.05) is 29.3 Å². The lowest BCUT2D eigenvalue weighted by molar-refractivity contribution is 0.102. The number of aromatic amines is 1. The Bertz CT molecular complexity index is 589. The minimum Gasteiger partial charge on any atom is -0.395 e. The molecule has 0 aliphatic rings. The van der Waals surface area contributed by atoms with Crippen LogP contribution in [-0.4, -0.2) is 16.1 Å². The van der Waals surface area contributed by atoms with Gasteiger partial charge in [0.2, 0.25) is 0 Å². The Labute approximate surface area is 113 Å². The van der Waals surface area contributed by atoms with Gasteiger partial charge in [0.15, 0.2) is 5.69 Å². The quantitative estimate of drug-likeness (QED) is 0.793. The van der Waals surface area contributed by atoms with Gasteiger partial charge >= 0.3 is 0 Å². The molecule has 0 fully saturated rings. The van der Waals surface area contributed by atoms with Crippen molar-refractivity contribution >= 4 is 40.5 Å². The van der Waals surface area contributed by atoms with Gasteiger partial charge < -0.3 is 11.1 Å². The third kappa shape index (κ3) is 2.27. The molecule has 4 N–H and O–H groups in total. The molecule has 2 rings (SSSR count). The van der Waals surface area contributed by atoms with Crippen molar-refractivity contribution in [3.8, 4) is 0 Å². The number of rotatable bonds is 2. The molecule has 1 heterocycles. The lowest BCUT2D eigenvalue weighted by Gasteiger charge is -2.07. The molecule has 0 aliphatic carbocycles. The van der Waals surface area contributed by atoms with Crippen LogP contribution in [0.5, 0.6) is 0 Å². The monoisotopic (exact) mass is 284 g/mol. The average Bonchev–Trinajstić information content (AvgIpc) is 2.65. The number of H-pyrrole nitrogens is 1. The van der Waals surface area contributed by atoms with Gasteiger partial charge in [-0.25, -0.2) is 0 Å². The van der Waals surface area contributed by atoms with Gasteiger partial charge in [0.1, 0.15) is 0 Å². The van der Waals surface area contributed by atoms with Gasteiger partial charge in [-0.3, -0.25) is 9.89 Å². The fourth-order valence-corrected chi connectivity index (χ4v) is 1.89. The normalized spacial score (nSPS) is 10.4. The predicted octanol–water partition coefficient (Wildman–Crippen LogP) is 2.86. The second kappa shape index (κ2) is 4.88. The summed E-state index contributed by atoms with van der Waals surface area (Å²) in [5.74, 6) is -0.466. The smallest absolute Gasteiger partial charge is 0.278 e. The van der Waals surface area contributed by atoms with Crippen molar-refractivity contribution in [1.82, 2.24) is 10.2 Å². The van der Waals surface area contributed by atoms with E-state index in [-0.39, 0.29) is 5.69 Å². The average molecular weight is 285 g/mol. The second-order valence-electron chi connectivity index (χ2n) is 3.66. The van der Waals surface area contributed by atoms with Gasteiger partial charge in [-0.05, 0) is 19.1 Å². The second-order valence-corrected chi connectivity index (χ2v) is 4.48. The molecule has 1 aromatic carbocycles. The van der Waals surface area contributed by atoms with Gasteiger partial charge in [0.05, 0.1) is 27.1 Å². The summed E-state index contributed by atoms with van der Waals surface area (Å²) in [5.41, 5.74) is 7.10. The van der Waals surface area contributed by atoms with Crippen LogP contribution < -0.4 is 11.1 Å². The number of aromatic nitrogens is 2. The first-order valence-electron chi connectivity index (χ1n) is 5.06. The highest BCUT2D eigenvalue weighted by atomic mass is 35.5. The summed E-state index contributed by atoms with van der Waals surface area (Å²) in [4.78, 5) is 12.0. The number of halogens is 2. The first-order chi connectivity index (χ1) is 8.50. The summed E-state index contributed by atoms with van der Waals surface area (Å²) in [6.07, 6.45) is 0. The van der Waals surface area contributed by atoms with E-state index in [4.69, 9.17) is 28.9 Å². The minimum atomic E-state index is -0.466. The molecule has 0 atom stereocenters. The predicted molar refractivity (Wildman–Crippen MR) is 72.2 cm³/mol. The molecule has 7 heteroatoms. The maximum absolute atomic E-state index is 12.0. The fraction of sp³-hybridized carbons (Fsp3) is 0.0909. The number of nitrogen functional groups attached to an aromatic ring is 1. The number of hydrogen-bond donors (Lipinski definition) is 3. The van der Waals surface area contributed by atoms with E-state index in [1.165, 1.54) is 0 Å². The zero-order valence-corrected chi connectivity index (χ0v) is 10.9. The van der Waals surface area contributed by atoms with Crippen molar-refractivity contribution in [1.29, 1.82) is 0 Å². The van der Waals surface area contributed by atoms with Crippen LogP contribution >= 0.6 is 23.2 Å². The van der Waals surface area contributed by atoms with Crippen LogP contribution in [0.25, 0.3) is 0 Å². The standard InChI is InChI=1S/C11H10Cl2N4O/c1-5-8(14)10(17-16-5)11(18)15-9-6(12)3-2-4-7(9)13/h2-4H,14H2,1H3,(H,15,18)(H,16,17). The van der Waals surface area contributed by atoms with Crippen molar-refractivity contribution in [2.75, 3.05) is 11.1 Å². The van der Waals surface area contributed by atoms with Crippen LogP contribution in [-0.2, 0) is 0 Å². The molecular weight excluding hydrogens is 275 g/mol.